The van der Waals surface area contributed by atoms with Gasteiger partial charge in [0.15, 0.2) is 11.5 Å². The first-order valence-corrected chi connectivity index (χ1v) is 9.20. The second kappa shape index (κ2) is 5.71. The van der Waals surface area contributed by atoms with Crippen molar-refractivity contribution in [3.63, 3.8) is 0 Å². The topological polar surface area (TPSA) is 43.7 Å². The Morgan fingerprint density at radius 2 is 1.96 bits per heavy atom. The van der Waals surface area contributed by atoms with Gasteiger partial charge in [0, 0.05) is 35.5 Å². The van der Waals surface area contributed by atoms with Crippen molar-refractivity contribution < 1.29 is 9.47 Å². The summed E-state index contributed by atoms with van der Waals surface area (Å²) in [5, 5.41) is 0.609. The standard InChI is InChI=1S/C21H23ClN2O2/c1-20(2)9-12-8-16(25-5)19-14(10-21(3,4)26-19)17(12)18(24-20)13-6-7-23-11-15(13)22/h6-8,11H,9-10H2,1-5H3. The molecule has 1 aromatic heterocycles. The molecule has 2 aromatic rings. The zero-order valence-electron chi connectivity index (χ0n) is 15.8. The Bertz CT molecular complexity index is 932. The maximum Gasteiger partial charge on any atom is 0.166 e. The van der Waals surface area contributed by atoms with Gasteiger partial charge in [-0.25, -0.2) is 0 Å². The maximum atomic E-state index is 6.48. The van der Waals surface area contributed by atoms with E-state index in [0.29, 0.717) is 5.02 Å². The van der Waals surface area contributed by atoms with E-state index in [2.05, 4.69) is 38.7 Å². The van der Waals surface area contributed by atoms with Gasteiger partial charge >= 0.3 is 0 Å². The van der Waals surface area contributed by atoms with Crippen LogP contribution in [0.25, 0.3) is 0 Å². The fourth-order valence-corrected chi connectivity index (χ4v) is 4.19. The van der Waals surface area contributed by atoms with Crippen LogP contribution in [0.15, 0.2) is 29.5 Å². The summed E-state index contributed by atoms with van der Waals surface area (Å²) in [7, 11) is 1.69. The molecule has 0 unspecified atom stereocenters. The molecule has 0 saturated carbocycles. The molecule has 0 N–H and O–H groups in total. The van der Waals surface area contributed by atoms with Crippen molar-refractivity contribution in [1.82, 2.24) is 4.98 Å². The van der Waals surface area contributed by atoms with Gasteiger partial charge in [0.05, 0.1) is 23.4 Å². The van der Waals surface area contributed by atoms with Crippen LogP contribution in [0.5, 0.6) is 11.5 Å². The van der Waals surface area contributed by atoms with E-state index in [1.165, 1.54) is 5.56 Å². The fourth-order valence-electron chi connectivity index (χ4n) is 3.98. The zero-order valence-corrected chi connectivity index (χ0v) is 16.6. The molecule has 0 atom stereocenters. The van der Waals surface area contributed by atoms with Crippen molar-refractivity contribution in [3.8, 4) is 11.5 Å². The van der Waals surface area contributed by atoms with Crippen LogP contribution in [0.4, 0.5) is 0 Å². The fraction of sp³-hybridized carbons (Fsp3) is 0.429. The average molecular weight is 371 g/mol. The molecule has 136 valence electrons. The molecule has 2 aliphatic rings. The van der Waals surface area contributed by atoms with E-state index in [9.17, 15) is 0 Å². The van der Waals surface area contributed by atoms with E-state index < -0.39 is 0 Å². The van der Waals surface area contributed by atoms with Crippen molar-refractivity contribution in [1.29, 1.82) is 0 Å². The number of aliphatic imine (C=N–C) groups is 1. The van der Waals surface area contributed by atoms with Gasteiger partial charge in [-0.15, -0.1) is 0 Å². The largest absolute Gasteiger partial charge is 0.493 e. The second-order valence-electron chi connectivity index (χ2n) is 8.26. The summed E-state index contributed by atoms with van der Waals surface area (Å²) >= 11 is 6.48. The van der Waals surface area contributed by atoms with Crippen molar-refractivity contribution in [3.05, 3.63) is 51.8 Å². The number of rotatable bonds is 2. The van der Waals surface area contributed by atoms with Crippen LogP contribution in [0, 0.1) is 0 Å². The number of pyridine rings is 1. The number of ether oxygens (including phenoxy) is 2. The van der Waals surface area contributed by atoms with Crippen molar-refractivity contribution in [2.75, 3.05) is 7.11 Å². The predicted octanol–water partition coefficient (Wildman–Crippen LogP) is 4.63. The van der Waals surface area contributed by atoms with Gasteiger partial charge in [-0.1, -0.05) is 11.6 Å². The summed E-state index contributed by atoms with van der Waals surface area (Å²) in [5.74, 6) is 1.62. The van der Waals surface area contributed by atoms with Crippen LogP contribution in [-0.2, 0) is 12.8 Å². The maximum absolute atomic E-state index is 6.48. The number of hydrogen-bond acceptors (Lipinski definition) is 4. The molecular weight excluding hydrogens is 348 g/mol. The van der Waals surface area contributed by atoms with Crippen LogP contribution < -0.4 is 9.47 Å². The Morgan fingerprint density at radius 3 is 2.65 bits per heavy atom. The van der Waals surface area contributed by atoms with Crippen molar-refractivity contribution in [2.24, 2.45) is 4.99 Å². The Kier molecular flexibility index (Phi) is 3.81. The Morgan fingerprint density at radius 1 is 1.19 bits per heavy atom. The molecule has 1 aromatic carbocycles. The number of fused-ring (bicyclic) bond motifs is 3. The van der Waals surface area contributed by atoms with E-state index >= 15 is 0 Å². The summed E-state index contributed by atoms with van der Waals surface area (Å²) < 4.78 is 11.9. The SMILES string of the molecule is COc1cc2c(c3c1OC(C)(C)C3)C(c1ccncc1Cl)=NC(C)(C)C2. The number of hydrogen-bond donors (Lipinski definition) is 0. The molecule has 0 saturated heterocycles. The summed E-state index contributed by atoms with van der Waals surface area (Å²) in [6.45, 7) is 8.49. The number of methoxy groups -OCH3 is 1. The summed E-state index contributed by atoms with van der Waals surface area (Å²) in [5.41, 5.74) is 4.86. The first-order chi connectivity index (χ1) is 12.2. The summed E-state index contributed by atoms with van der Waals surface area (Å²) in [6, 6.07) is 4.03. The Labute approximate surface area is 159 Å². The van der Waals surface area contributed by atoms with Gasteiger partial charge in [-0.3, -0.25) is 9.98 Å². The highest BCUT2D eigenvalue weighted by molar-refractivity contribution is 6.35. The summed E-state index contributed by atoms with van der Waals surface area (Å²) in [4.78, 5) is 9.20. The predicted molar refractivity (Wildman–Crippen MR) is 104 cm³/mol. The lowest BCUT2D eigenvalue weighted by Crippen LogP contribution is -2.30. The third-order valence-corrected chi connectivity index (χ3v) is 5.23. The molecule has 5 heteroatoms. The molecular formula is C21H23ClN2O2. The normalized spacial score (nSPS) is 19.2. The molecule has 4 rings (SSSR count). The van der Waals surface area contributed by atoms with Gasteiger partial charge in [0.2, 0.25) is 0 Å². The molecule has 4 nitrogen and oxygen atoms in total. The zero-order chi connectivity index (χ0) is 18.7. The lowest BCUT2D eigenvalue weighted by molar-refractivity contribution is 0.134. The molecule has 3 heterocycles. The van der Waals surface area contributed by atoms with Crippen LogP contribution in [0.3, 0.4) is 0 Å². The third-order valence-electron chi connectivity index (χ3n) is 4.93. The van der Waals surface area contributed by atoms with E-state index in [1.54, 1.807) is 19.5 Å². The number of aromatic nitrogens is 1. The molecule has 0 spiro atoms. The lowest BCUT2D eigenvalue weighted by atomic mass is 9.81. The van der Waals surface area contributed by atoms with E-state index in [-0.39, 0.29) is 11.1 Å². The van der Waals surface area contributed by atoms with Gasteiger partial charge in [-0.05, 0) is 51.8 Å². The van der Waals surface area contributed by atoms with Crippen molar-refractivity contribution >= 4 is 17.3 Å². The van der Waals surface area contributed by atoms with Crippen LogP contribution in [0.2, 0.25) is 5.02 Å². The first kappa shape index (κ1) is 17.3. The Hall–Kier alpha value is -2.07. The smallest absolute Gasteiger partial charge is 0.166 e. The first-order valence-electron chi connectivity index (χ1n) is 8.83. The van der Waals surface area contributed by atoms with Crippen molar-refractivity contribution in [2.45, 2.75) is 51.7 Å². The van der Waals surface area contributed by atoms with Crippen LogP contribution >= 0.6 is 11.6 Å². The molecule has 2 aliphatic heterocycles. The number of halogens is 1. The minimum Gasteiger partial charge on any atom is -0.493 e. The quantitative estimate of drug-likeness (QED) is 0.774. The van der Waals surface area contributed by atoms with E-state index in [1.807, 2.05) is 6.07 Å². The van der Waals surface area contributed by atoms with Gasteiger partial charge in [-0.2, -0.15) is 0 Å². The van der Waals surface area contributed by atoms with Crippen LogP contribution in [-0.4, -0.2) is 28.9 Å². The lowest BCUT2D eigenvalue weighted by Gasteiger charge is -2.31. The van der Waals surface area contributed by atoms with E-state index in [4.69, 9.17) is 26.1 Å². The Balaban J connectivity index is 2.02. The van der Waals surface area contributed by atoms with Gasteiger partial charge in [0.1, 0.15) is 5.60 Å². The van der Waals surface area contributed by atoms with Gasteiger partial charge < -0.3 is 9.47 Å². The minimum absolute atomic E-state index is 0.219. The molecule has 0 aliphatic carbocycles. The van der Waals surface area contributed by atoms with Crippen LogP contribution in [0.1, 0.15) is 49.9 Å². The average Bonchev–Trinajstić information content (AvgIpc) is 2.87. The highest BCUT2D eigenvalue weighted by Gasteiger charge is 2.39. The van der Waals surface area contributed by atoms with E-state index in [0.717, 1.165) is 46.7 Å². The van der Waals surface area contributed by atoms with Gasteiger partial charge in [0.25, 0.3) is 0 Å². The third kappa shape index (κ3) is 2.77. The highest BCUT2D eigenvalue weighted by atomic mass is 35.5. The molecule has 0 radical (unpaired) electrons. The minimum atomic E-state index is -0.273. The highest BCUT2D eigenvalue weighted by Crippen LogP contribution is 2.48. The molecule has 0 amide bonds. The molecule has 0 fully saturated rings. The second-order valence-corrected chi connectivity index (χ2v) is 8.67. The number of nitrogens with zero attached hydrogens (tertiary/aromatic N) is 2. The molecule has 26 heavy (non-hydrogen) atoms. The summed E-state index contributed by atoms with van der Waals surface area (Å²) in [6.07, 6.45) is 5.09. The monoisotopic (exact) mass is 370 g/mol. The number of benzene rings is 1. The molecule has 0 bridgehead atoms.